The van der Waals surface area contributed by atoms with Crippen molar-refractivity contribution in [1.29, 1.82) is 0 Å². The Morgan fingerprint density at radius 3 is 2.40 bits per heavy atom. The summed E-state index contributed by atoms with van der Waals surface area (Å²) in [4.78, 5) is 11.1. The smallest absolute Gasteiger partial charge is 0.337 e. The standard InChI is InChI=1S/C10H21N2O2.ClH/c1-9(2)10(13)14-8-12(3,4)7-5-6-11;/h1,5-8,11H2,2-4H3;1H/q+1;/p-1. The van der Waals surface area contributed by atoms with Crippen molar-refractivity contribution in [1.82, 2.24) is 0 Å². The molecule has 90 valence electrons. The van der Waals surface area contributed by atoms with Gasteiger partial charge in [-0.15, -0.1) is 0 Å². The van der Waals surface area contributed by atoms with Gasteiger partial charge in [-0.3, -0.25) is 4.48 Å². The zero-order valence-electron chi connectivity index (χ0n) is 9.75. The molecule has 0 amide bonds. The van der Waals surface area contributed by atoms with Crippen molar-refractivity contribution in [2.75, 3.05) is 33.9 Å². The van der Waals surface area contributed by atoms with E-state index in [0.717, 1.165) is 13.0 Å². The molecular formula is C10H21ClN2O2. The fourth-order valence-electron chi connectivity index (χ4n) is 0.940. The summed E-state index contributed by atoms with van der Waals surface area (Å²) in [5, 5.41) is 0. The van der Waals surface area contributed by atoms with Crippen LogP contribution in [0.3, 0.4) is 0 Å². The van der Waals surface area contributed by atoms with Crippen LogP contribution in [0.5, 0.6) is 0 Å². The van der Waals surface area contributed by atoms with Gasteiger partial charge in [0, 0.05) is 12.0 Å². The number of carbonyl (C=O) groups excluding carboxylic acids is 1. The number of carbonyl (C=O) groups is 1. The Morgan fingerprint density at radius 1 is 1.47 bits per heavy atom. The largest absolute Gasteiger partial charge is 1.00 e. The van der Waals surface area contributed by atoms with Crippen molar-refractivity contribution in [3.05, 3.63) is 12.2 Å². The number of nitrogens with two attached hydrogens (primary N) is 1. The van der Waals surface area contributed by atoms with E-state index in [9.17, 15) is 4.79 Å². The van der Waals surface area contributed by atoms with Crippen LogP contribution in [-0.2, 0) is 9.53 Å². The first-order chi connectivity index (χ1) is 6.39. The Balaban J connectivity index is 0. The Morgan fingerprint density at radius 2 is 2.00 bits per heavy atom. The first-order valence-electron chi connectivity index (χ1n) is 4.74. The van der Waals surface area contributed by atoms with Crippen molar-refractivity contribution in [3.8, 4) is 0 Å². The summed E-state index contributed by atoms with van der Waals surface area (Å²) in [6.07, 6.45) is 0.928. The molecule has 0 fully saturated rings. The molecule has 0 aromatic heterocycles. The van der Waals surface area contributed by atoms with E-state index in [4.69, 9.17) is 10.5 Å². The summed E-state index contributed by atoms with van der Waals surface area (Å²) in [6.45, 7) is 7.09. The van der Waals surface area contributed by atoms with Crippen molar-refractivity contribution >= 4 is 5.97 Å². The molecule has 0 rings (SSSR count). The van der Waals surface area contributed by atoms with Gasteiger partial charge >= 0.3 is 5.97 Å². The van der Waals surface area contributed by atoms with Crippen LogP contribution in [-0.4, -0.2) is 44.4 Å². The highest BCUT2D eigenvalue weighted by molar-refractivity contribution is 5.86. The lowest BCUT2D eigenvalue weighted by molar-refractivity contribution is -0.907. The SMILES string of the molecule is C=C(C)C(=O)OC[N+](C)(C)CCCN.[Cl-]. The highest BCUT2D eigenvalue weighted by Gasteiger charge is 2.16. The molecule has 15 heavy (non-hydrogen) atoms. The van der Waals surface area contributed by atoms with E-state index in [1.54, 1.807) is 6.92 Å². The zero-order chi connectivity index (χ0) is 11.2. The van der Waals surface area contributed by atoms with Gasteiger partial charge in [-0.25, -0.2) is 4.79 Å². The second-order valence-corrected chi connectivity index (χ2v) is 4.14. The molecule has 0 heterocycles. The van der Waals surface area contributed by atoms with E-state index in [0.29, 0.717) is 23.3 Å². The molecule has 0 saturated heterocycles. The fraction of sp³-hybridized carbons (Fsp3) is 0.700. The molecule has 0 radical (unpaired) electrons. The number of hydrogen-bond donors (Lipinski definition) is 1. The lowest BCUT2D eigenvalue weighted by atomic mass is 10.3. The van der Waals surface area contributed by atoms with E-state index in [1.165, 1.54) is 0 Å². The summed E-state index contributed by atoms with van der Waals surface area (Å²) in [5.74, 6) is -0.330. The summed E-state index contributed by atoms with van der Waals surface area (Å²) in [6, 6.07) is 0. The number of rotatable bonds is 6. The molecule has 4 nitrogen and oxygen atoms in total. The number of quaternary nitrogens is 1. The third kappa shape index (κ3) is 8.42. The van der Waals surface area contributed by atoms with Gasteiger partial charge < -0.3 is 22.9 Å². The number of nitrogens with zero attached hydrogens (tertiary/aromatic N) is 1. The molecule has 0 unspecified atom stereocenters. The van der Waals surface area contributed by atoms with Crippen molar-refractivity contribution < 1.29 is 26.4 Å². The first-order valence-corrected chi connectivity index (χ1v) is 4.74. The van der Waals surface area contributed by atoms with Crippen molar-refractivity contribution in [2.24, 2.45) is 5.73 Å². The summed E-state index contributed by atoms with van der Waals surface area (Å²) < 4.78 is 5.69. The monoisotopic (exact) mass is 236 g/mol. The van der Waals surface area contributed by atoms with Crippen LogP contribution in [0.25, 0.3) is 0 Å². The fourth-order valence-corrected chi connectivity index (χ4v) is 0.940. The molecular weight excluding hydrogens is 216 g/mol. The normalized spacial score (nSPS) is 10.4. The highest BCUT2D eigenvalue weighted by Crippen LogP contribution is 2.01. The van der Waals surface area contributed by atoms with Gasteiger partial charge in [0.1, 0.15) is 0 Å². The molecule has 0 aliphatic heterocycles. The molecule has 5 heteroatoms. The van der Waals surface area contributed by atoms with Gasteiger partial charge in [-0.2, -0.15) is 0 Å². The molecule has 0 aromatic carbocycles. The van der Waals surface area contributed by atoms with Gasteiger partial charge in [0.2, 0.25) is 6.73 Å². The zero-order valence-corrected chi connectivity index (χ0v) is 10.5. The Bertz CT molecular complexity index is 217. The minimum absolute atomic E-state index is 0. The van der Waals surface area contributed by atoms with Gasteiger partial charge in [0.05, 0.1) is 20.6 Å². The van der Waals surface area contributed by atoms with Crippen LogP contribution in [0.1, 0.15) is 13.3 Å². The molecule has 0 aromatic rings. The molecule has 0 bridgehead atoms. The molecule has 0 saturated carbocycles. The predicted octanol–water partition coefficient (Wildman–Crippen LogP) is -2.51. The van der Waals surface area contributed by atoms with Gasteiger partial charge in [0.25, 0.3) is 0 Å². The first kappa shape index (κ1) is 16.8. The molecule has 0 aliphatic rings. The van der Waals surface area contributed by atoms with E-state index in [2.05, 4.69) is 6.58 Å². The second-order valence-electron chi connectivity index (χ2n) is 4.14. The van der Waals surface area contributed by atoms with Crippen LogP contribution in [0.2, 0.25) is 0 Å². The Kier molecular flexibility index (Phi) is 8.62. The number of hydrogen-bond acceptors (Lipinski definition) is 3. The number of halogens is 1. The van der Waals surface area contributed by atoms with Gasteiger partial charge in [-0.1, -0.05) is 6.58 Å². The number of esters is 1. The van der Waals surface area contributed by atoms with E-state index < -0.39 is 0 Å². The van der Waals surface area contributed by atoms with Gasteiger partial charge in [-0.05, 0) is 13.5 Å². The van der Waals surface area contributed by atoms with Gasteiger partial charge in [0.15, 0.2) is 0 Å². The summed E-state index contributed by atoms with van der Waals surface area (Å²) in [5.41, 5.74) is 5.84. The number of ether oxygens (including phenoxy) is 1. The lowest BCUT2D eigenvalue weighted by Gasteiger charge is -2.28. The summed E-state index contributed by atoms with van der Waals surface area (Å²) >= 11 is 0. The second kappa shape index (κ2) is 7.68. The molecule has 0 aliphatic carbocycles. The van der Waals surface area contributed by atoms with E-state index in [1.807, 2.05) is 14.1 Å². The maximum absolute atomic E-state index is 11.1. The van der Waals surface area contributed by atoms with Crippen LogP contribution in [0.15, 0.2) is 12.2 Å². The predicted molar refractivity (Wildman–Crippen MR) is 56.4 cm³/mol. The van der Waals surface area contributed by atoms with Crippen LogP contribution in [0.4, 0.5) is 0 Å². The lowest BCUT2D eigenvalue weighted by Crippen LogP contribution is -3.00. The molecule has 2 N–H and O–H groups in total. The third-order valence-electron chi connectivity index (χ3n) is 1.86. The third-order valence-corrected chi connectivity index (χ3v) is 1.86. The minimum atomic E-state index is -0.330. The highest BCUT2D eigenvalue weighted by atomic mass is 35.5. The average Bonchev–Trinajstić information content (AvgIpc) is 2.11. The van der Waals surface area contributed by atoms with Crippen LogP contribution >= 0.6 is 0 Å². The van der Waals surface area contributed by atoms with Crippen LogP contribution in [0, 0.1) is 0 Å². The van der Waals surface area contributed by atoms with Crippen LogP contribution < -0.4 is 18.1 Å². The summed E-state index contributed by atoms with van der Waals surface area (Å²) in [7, 11) is 4.00. The minimum Gasteiger partial charge on any atom is -1.00 e. The Hall–Kier alpha value is -0.580. The maximum atomic E-state index is 11.1. The van der Waals surface area contributed by atoms with E-state index in [-0.39, 0.29) is 18.4 Å². The van der Waals surface area contributed by atoms with Crippen molar-refractivity contribution in [3.63, 3.8) is 0 Å². The average molecular weight is 237 g/mol. The van der Waals surface area contributed by atoms with E-state index >= 15 is 0 Å². The topological polar surface area (TPSA) is 52.3 Å². The maximum Gasteiger partial charge on any atom is 0.337 e. The van der Waals surface area contributed by atoms with Crippen molar-refractivity contribution in [2.45, 2.75) is 13.3 Å². The molecule has 0 atom stereocenters. The quantitative estimate of drug-likeness (QED) is 0.240. The Labute approximate surface area is 98.1 Å². The molecule has 0 spiro atoms.